The molecule has 0 bridgehead atoms. The number of aliphatic hydroxyl groups is 1. The van der Waals surface area contributed by atoms with Crippen molar-refractivity contribution in [1.82, 2.24) is 20.2 Å². The van der Waals surface area contributed by atoms with Gasteiger partial charge in [-0.05, 0) is 31.0 Å². The van der Waals surface area contributed by atoms with E-state index in [1.165, 1.54) is 0 Å². The van der Waals surface area contributed by atoms with E-state index >= 15 is 0 Å². The quantitative estimate of drug-likeness (QED) is 0.524. The van der Waals surface area contributed by atoms with Gasteiger partial charge in [0.15, 0.2) is 0 Å². The van der Waals surface area contributed by atoms with Crippen LogP contribution in [-0.4, -0.2) is 51.1 Å². The number of carbonyl (C=O) groups excluding carboxylic acids is 2. The Kier molecular flexibility index (Phi) is 6.53. The highest BCUT2D eigenvalue weighted by Crippen LogP contribution is 2.25. The molecule has 0 spiro atoms. The second kappa shape index (κ2) is 8.91. The van der Waals surface area contributed by atoms with Gasteiger partial charge in [-0.15, -0.1) is 0 Å². The number of nitrogens with one attached hydrogen (secondary N) is 2. The molecule has 2 unspecified atom stereocenters. The monoisotopic (exact) mass is 438 g/mol. The number of rotatable bonds is 5. The summed E-state index contributed by atoms with van der Waals surface area (Å²) in [6, 6.07) is 3.84. The Morgan fingerprint density at radius 1 is 1.38 bits per heavy atom. The molecule has 0 fully saturated rings. The first-order valence-corrected chi connectivity index (χ1v) is 9.62. The van der Waals surface area contributed by atoms with Crippen LogP contribution in [-0.2, 0) is 6.42 Å². The average Bonchev–Trinajstić information content (AvgIpc) is 2.70. The number of aliphatic hydroxyl groups excluding tert-OH is 1. The number of nitrogens with two attached hydrogens (primary N) is 1. The topological polar surface area (TPSA) is 133 Å². The molecule has 2 atom stereocenters. The third-order valence-corrected chi connectivity index (χ3v) is 5.13. The van der Waals surface area contributed by atoms with E-state index < -0.39 is 18.1 Å². The van der Waals surface area contributed by atoms with Gasteiger partial charge in [-0.1, -0.05) is 29.3 Å². The van der Waals surface area contributed by atoms with E-state index in [4.69, 9.17) is 34.0 Å². The van der Waals surface area contributed by atoms with Gasteiger partial charge in [0.1, 0.15) is 11.9 Å². The molecule has 0 radical (unpaired) electrons. The van der Waals surface area contributed by atoms with Crippen LogP contribution in [0.5, 0.6) is 0 Å². The van der Waals surface area contributed by atoms with Crippen LogP contribution in [0.3, 0.4) is 0 Å². The molecule has 3 rings (SSSR count). The summed E-state index contributed by atoms with van der Waals surface area (Å²) in [5.41, 5.74) is 7.36. The van der Waals surface area contributed by atoms with E-state index in [2.05, 4.69) is 20.6 Å². The van der Waals surface area contributed by atoms with Crippen LogP contribution in [0.15, 0.2) is 24.4 Å². The molecule has 3 amide bonds. The Balaban J connectivity index is 1.73. The minimum absolute atomic E-state index is 0.116. The molecule has 29 heavy (non-hydrogen) atoms. The van der Waals surface area contributed by atoms with Gasteiger partial charge >= 0.3 is 6.03 Å². The molecule has 0 aliphatic carbocycles. The van der Waals surface area contributed by atoms with Crippen molar-refractivity contribution in [2.24, 2.45) is 5.73 Å². The second-order valence-electron chi connectivity index (χ2n) is 6.60. The summed E-state index contributed by atoms with van der Waals surface area (Å²) >= 11 is 11.9. The van der Waals surface area contributed by atoms with Crippen LogP contribution in [0.4, 0.5) is 10.7 Å². The lowest BCUT2D eigenvalue weighted by atomic mass is 10.1. The first-order chi connectivity index (χ1) is 13.8. The van der Waals surface area contributed by atoms with Gasteiger partial charge in [0.2, 0.25) is 5.95 Å². The molecule has 154 valence electrons. The fraction of sp³-hybridized carbons (Fsp3) is 0.333. The molecule has 9 nitrogen and oxygen atoms in total. The number of urea groups is 1. The summed E-state index contributed by atoms with van der Waals surface area (Å²) < 4.78 is 0. The largest absolute Gasteiger partial charge is 0.394 e. The zero-order valence-corrected chi connectivity index (χ0v) is 17.0. The molecule has 11 heteroatoms. The maximum absolute atomic E-state index is 12.8. The number of carbonyl (C=O) groups is 2. The molecule has 0 saturated carbocycles. The van der Waals surface area contributed by atoms with Crippen molar-refractivity contribution in [1.29, 1.82) is 0 Å². The Bertz CT molecular complexity index is 942. The SMILES string of the molecule is CC(CO)Nc1ncc2c(n1)C(=O)N(C(=O)NC(N)c1ccc(Cl)c(Cl)c1)CC2. The minimum Gasteiger partial charge on any atom is -0.394 e. The lowest BCUT2D eigenvalue weighted by molar-refractivity contribution is 0.0777. The highest BCUT2D eigenvalue weighted by Gasteiger charge is 2.32. The minimum atomic E-state index is -0.875. The van der Waals surface area contributed by atoms with Gasteiger partial charge < -0.3 is 21.5 Å². The van der Waals surface area contributed by atoms with Crippen molar-refractivity contribution >= 4 is 41.1 Å². The summed E-state index contributed by atoms with van der Waals surface area (Å²) in [6.07, 6.45) is 1.09. The van der Waals surface area contributed by atoms with Crippen molar-refractivity contribution in [3.8, 4) is 0 Å². The fourth-order valence-electron chi connectivity index (χ4n) is 2.77. The molecular formula is C18H20Cl2N6O3. The lowest BCUT2D eigenvalue weighted by Gasteiger charge is -2.28. The predicted molar refractivity (Wildman–Crippen MR) is 109 cm³/mol. The number of benzene rings is 1. The molecule has 2 aromatic rings. The van der Waals surface area contributed by atoms with E-state index in [-0.39, 0.29) is 30.8 Å². The molecule has 0 saturated heterocycles. The standard InChI is InChI=1S/C18H20Cl2N6O3/c1-9(8-27)23-17-22-7-11-4-5-26(16(28)14(11)24-17)18(29)25-15(21)10-2-3-12(19)13(20)6-10/h2-3,6-7,9,15,27H,4-5,8,21H2,1H3,(H,25,29)(H,22,23,24). The molecule has 1 aliphatic heterocycles. The molecular weight excluding hydrogens is 419 g/mol. The Labute approximate surface area is 177 Å². The van der Waals surface area contributed by atoms with Crippen LogP contribution in [0.25, 0.3) is 0 Å². The van der Waals surface area contributed by atoms with Crippen molar-refractivity contribution in [2.45, 2.75) is 25.6 Å². The Morgan fingerprint density at radius 2 is 2.14 bits per heavy atom. The van der Waals surface area contributed by atoms with Gasteiger partial charge in [0.25, 0.3) is 5.91 Å². The Morgan fingerprint density at radius 3 is 2.83 bits per heavy atom. The molecule has 1 aromatic carbocycles. The first kappa shape index (κ1) is 21.3. The number of anilines is 1. The Hall–Kier alpha value is -2.46. The third-order valence-electron chi connectivity index (χ3n) is 4.39. The van der Waals surface area contributed by atoms with Crippen LogP contribution in [0.1, 0.15) is 34.7 Å². The third kappa shape index (κ3) is 4.76. The zero-order chi connectivity index (χ0) is 21.1. The van der Waals surface area contributed by atoms with Gasteiger partial charge in [-0.3, -0.25) is 9.69 Å². The normalized spacial score (nSPS) is 15.5. The van der Waals surface area contributed by atoms with Crippen molar-refractivity contribution < 1.29 is 14.7 Å². The lowest BCUT2D eigenvalue weighted by Crippen LogP contribution is -2.50. The van der Waals surface area contributed by atoms with E-state index in [0.717, 1.165) is 4.90 Å². The van der Waals surface area contributed by atoms with Gasteiger partial charge in [-0.25, -0.2) is 14.8 Å². The van der Waals surface area contributed by atoms with Gasteiger partial charge in [-0.2, -0.15) is 0 Å². The van der Waals surface area contributed by atoms with E-state index in [0.29, 0.717) is 27.6 Å². The molecule has 1 aromatic heterocycles. The van der Waals surface area contributed by atoms with Gasteiger partial charge in [0, 0.05) is 24.3 Å². The van der Waals surface area contributed by atoms with E-state index in [9.17, 15) is 9.59 Å². The van der Waals surface area contributed by atoms with Crippen LogP contribution in [0, 0.1) is 0 Å². The second-order valence-corrected chi connectivity index (χ2v) is 7.42. The number of fused-ring (bicyclic) bond motifs is 1. The summed E-state index contributed by atoms with van der Waals surface area (Å²) in [5, 5.41) is 15.3. The van der Waals surface area contributed by atoms with Crippen molar-refractivity contribution in [3.05, 3.63) is 51.3 Å². The summed E-state index contributed by atoms with van der Waals surface area (Å²) in [6.45, 7) is 1.80. The predicted octanol–water partition coefficient (Wildman–Crippen LogP) is 1.94. The van der Waals surface area contributed by atoms with Crippen LogP contribution >= 0.6 is 23.2 Å². The smallest absolute Gasteiger partial charge is 0.325 e. The zero-order valence-electron chi connectivity index (χ0n) is 15.5. The number of amides is 3. The molecule has 5 N–H and O–H groups in total. The van der Waals surface area contributed by atoms with Crippen molar-refractivity contribution in [2.75, 3.05) is 18.5 Å². The maximum Gasteiger partial charge on any atom is 0.325 e. The summed E-state index contributed by atoms with van der Waals surface area (Å²) in [4.78, 5) is 34.8. The number of halogens is 2. The maximum atomic E-state index is 12.8. The summed E-state index contributed by atoms with van der Waals surface area (Å²) in [7, 11) is 0. The summed E-state index contributed by atoms with van der Waals surface area (Å²) in [5.74, 6) is -0.347. The number of hydrogen-bond acceptors (Lipinski definition) is 7. The number of imide groups is 1. The molecule has 1 aliphatic rings. The number of hydrogen-bond donors (Lipinski definition) is 4. The van der Waals surface area contributed by atoms with Crippen molar-refractivity contribution in [3.63, 3.8) is 0 Å². The highest BCUT2D eigenvalue weighted by molar-refractivity contribution is 6.42. The fourth-order valence-corrected chi connectivity index (χ4v) is 3.07. The van der Waals surface area contributed by atoms with Gasteiger partial charge in [0.05, 0.1) is 16.7 Å². The average molecular weight is 439 g/mol. The van der Waals surface area contributed by atoms with E-state index in [1.807, 2.05) is 0 Å². The number of nitrogens with zero attached hydrogens (tertiary/aromatic N) is 3. The van der Waals surface area contributed by atoms with Crippen LogP contribution in [0.2, 0.25) is 10.0 Å². The first-order valence-electron chi connectivity index (χ1n) is 8.86. The van der Waals surface area contributed by atoms with Crippen LogP contribution < -0.4 is 16.4 Å². The highest BCUT2D eigenvalue weighted by atomic mass is 35.5. The molecule has 2 heterocycles. The number of aromatic nitrogens is 2. The van der Waals surface area contributed by atoms with E-state index in [1.54, 1.807) is 31.3 Å².